The molecule has 1 aromatic carbocycles. The van der Waals surface area contributed by atoms with Gasteiger partial charge in [-0.25, -0.2) is 0 Å². The van der Waals surface area contributed by atoms with E-state index >= 15 is 0 Å². The van der Waals surface area contributed by atoms with E-state index in [1.165, 1.54) is 5.56 Å². The average molecular weight is 327 g/mol. The maximum absolute atomic E-state index is 12.2. The van der Waals surface area contributed by atoms with Crippen molar-refractivity contribution in [3.05, 3.63) is 35.9 Å². The van der Waals surface area contributed by atoms with Crippen molar-refractivity contribution < 1.29 is 9.53 Å². The largest absolute Gasteiger partial charge is 0.381 e. The first-order chi connectivity index (χ1) is 10.0. The van der Waals surface area contributed by atoms with Gasteiger partial charge < -0.3 is 15.8 Å². The van der Waals surface area contributed by atoms with Gasteiger partial charge in [-0.1, -0.05) is 44.2 Å². The quantitative estimate of drug-likeness (QED) is 0.872. The SMILES string of the molecule is CC(C)(CNC(=O)C(N)C1CCOCC1)c1ccccc1.Cl. The molecule has 1 atom stereocenters. The van der Waals surface area contributed by atoms with Crippen molar-refractivity contribution in [1.29, 1.82) is 0 Å². The van der Waals surface area contributed by atoms with Crippen molar-refractivity contribution in [2.75, 3.05) is 19.8 Å². The molecule has 3 N–H and O–H groups in total. The smallest absolute Gasteiger partial charge is 0.237 e. The summed E-state index contributed by atoms with van der Waals surface area (Å²) in [6.45, 7) is 6.26. The second-order valence-corrected chi connectivity index (χ2v) is 6.44. The lowest BCUT2D eigenvalue weighted by Crippen LogP contribution is -2.49. The molecule has 1 fully saturated rings. The van der Waals surface area contributed by atoms with Gasteiger partial charge in [0.05, 0.1) is 6.04 Å². The Balaban J connectivity index is 0.00000242. The molecule has 0 spiro atoms. The second kappa shape index (κ2) is 8.51. The summed E-state index contributed by atoms with van der Waals surface area (Å²) in [7, 11) is 0. The summed E-state index contributed by atoms with van der Waals surface area (Å²) in [5, 5.41) is 3.01. The molecule has 0 saturated carbocycles. The molecule has 5 heteroatoms. The molecule has 124 valence electrons. The summed E-state index contributed by atoms with van der Waals surface area (Å²) in [5.74, 6) is 0.185. The first kappa shape index (κ1) is 18.9. The fourth-order valence-corrected chi connectivity index (χ4v) is 2.71. The van der Waals surface area contributed by atoms with Crippen LogP contribution in [0.2, 0.25) is 0 Å². The van der Waals surface area contributed by atoms with Crippen molar-refractivity contribution >= 4 is 18.3 Å². The van der Waals surface area contributed by atoms with Gasteiger partial charge in [0.1, 0.15) is 0 Å². The fourth-order valence-electron chi connectivity index (χ4n) is 2.71. The van der Waals surface area contributed by atoms with Gasteiger partial charge in [0.2, 0.25) is 5.91 Å². The van der Waals surface area contributed by atoms with E-state index in [0.29, 0.717) is 19.8 Å². The van der Waals surface area contributed by atoms with Gasteiger partial charge in [0.25, 0.3) is 0 Å². The first-order valence-corrected chi connectivity index (χ1v) is 7.67. The monoisotopic (exact) mass is 326 g/mol. The van der Waals surface area contributed by atoms with E-state index in [9.17, 15) is 4.79 Å². The van der Waals surface area contributed by atoms with Gasteiger partial charge in [0.15, 0.2) is 0 Å². The van der Waals surface area contributed by atoms with Crippen LogP contribution in [0.5, 0.6) is 0 Å². The van der Waals surface area contributed by atoms with Crippen LogP contribution in [-0.4, -0.2) is 31.7 Å². The number of nitrogens with one attached hydrogen (secondary N) is 1. The highest BCUT2D eigenvalue weighted by Crippen LogP contribution is 2.22. The maximum Gasteiger partial charge on any atom is 0.237 e. The highest BCUT2D eigenvalue weighted by atomic mass is 35.5. The number of hydrogen-bond donors (Lipinski definition) is 2. The average Bonchev–Trinajstić information content (AvgIpc) is 2.53. The molecule has 4 nitrogen and oxygen atoms in total. The third-order valence-corrected chi connectivity index (χ3v) is 4.34. The summed E-state index contributed by atoms with van der Waals surface area (Å²) in [6.07, 6.45) is 1.74. The molecule has 22 heavy (non-hydrogen) atoms. The number of ether oxygens (including phenoxy) is 1. The lowest BCUT2D eigenvalue weighted by molar-refractivity contribution is -0.124. The zero-order valence-corrected chi connectivity index (χ0v) is 14.2. The number of benzene rings is 1. The van der Waals surface area contributed by atoms with E-state index < -0.39 is 6.04 Å². The Labute approximate surface area is 139 Å². The van der Waals surface area contributed by atoms with E-state index in [1.807, 2.05) is 18.2 Å². The van der Waals surface area contributed by atoms with Crippen LogP contribution in [0, 0.1) is 5.92 Å². The summed E-state index contributed by atoms with van der Waals surface area (Å²) >= 11 is 0. The van der Waals surface area contributed by atoms with Gasteiger partial charge in [-0.3, -0.25) is 4.79 Å². The van der Waals surface area contributed by atoms with Crippen LogP contribution in [0.25, 0.3) is 0 Å². The van der Waals surface area contributed by atoms with E-state index in [-0.39, 0.29) is 29.6 Å². The molecular formula is C17H27ClN2O2. The van der Waals surface area contributed by atoms with Gasteiger partial charge in [-0.05, 0) is 24.3 Å². The Morgan fingerprint density at radius 3 is 2.50 bits per heavy atom. The minimum atomic E-state index is -0.430. The third-order valence-electron chi connectivity index (χ3n) is 4.34. The minimum absolute atomic E-state index is 0. The highest BCUT2D eigenvalue weighted by Gasteiger charge is 2.28. The summed E-state index contributed by atoms with van der Waals surface area (Å²) in [4.78, 5) is 12.2. The first-order valence-electron chi connectivity index (χ1n) is 7.67. The molecule has 1 heterocycles. The van der Waals surface area contributed by atoms with Gasteiger partial charge in [-0.15, -0.1) is 12.4 Å². The molecule has 0 aromatic heterocycles. The number of rotatable bonds is 5. The van der Waals surface area contributed by atoms with Crippen molar-refractivity contribution in [2.24, 2.45) is 11.7 Å². The third kappa shape index (κ3) is 4.97. The lowest BCUT2D eigenvalue weighted by Gasteiger charge is -2.29. The molecule has 1 unspecified atom stereocenters. The topological polar surface area (TPSA) is 64.4 Å². The molecule has 0 aliphatic carbocycles. The molecule has 0 radical (unpaired) electrons. The second-order valence-electron chi connectivity index (χ2n) is 6.44. The van der Waals surface area contributed by atoms with Crippen molar-refractivity contribution in [3.8, 4) is 0 Å². The Bertz CT molecular complexity index is 459. The maximum atomic E-state index is 12.2. The number of hydrogen-bond acceptors (Lipinski definition) is 3. The van der Waals surface area contributed by atoms with Crippen LogP contribution in [0.15, 0.2) is 30.3 Å². The number of amides is 1. The van der Waals surface area contributed by atoms with Gasteiger partial charge >= 0.3 is 0 Å². The van der Waals surface area contributed by atoms with Crippen LogP contribution in [0.1, 0.15) is 32.3 Å². The molecule has 0 bridgehead atoms. The summed E-state index contributed by atoms with van der Waals surface area (Å²) < 4.78 is 5.31. The number of nitrogens with two attached hydrogens (primary N) is 1. The number of carbonyl (C=O) groups excluding carboxylic acids is 1. The van der Waals surface area contributed by atoms with E-state index in [2.05, 4.69) is 31.3 Å². The van der Waals surface area contributed by atoms with Crippen molar-refractivity contribution in [2.45, 2.75) is 38.1 Å². The van der Waals surface area contributed by atoms with Gasteiger partial charge in [-0.2, -0.15) is 0 Å². The molecule has 2 rings (SSSR count). The summed E-state index contributed by atoms with van der Waals surface area (Å²) in [5.41, 5.74) is 7.20. The van der Waals surface area contributed by atoms with Crippen LogP contribution < -0.4 is 11.1 Å². The van der Waals surface area contributed by atoms with Crippen LogP contribution in [-0.2, 0) is 14.9 Å². The van der Waals surface area contributed by atoms with E-state index in [0.717, 1.165) is 12.8 Å². The predicted octanol–water partition coefficient (Wildman–Crippen LogP) is 2.26. The summed E-state index contributed by atoms with van der Waals surface area (Å²) in [6, 6.07) is 9.79. The van der Waals surface area contributed by atoms with Crippen LogP contribution in [0.3, 0.4) is 0 Å². The molecule has 1 amide bonds. The van der Waals surface area contributed by atoms with Crippen molar-refractivity contribution in [3.63, 3.8) is 0 Å². The Morgan fingerprint density at radius 2 is 1.91 bits per heavy atom. The zero-order valence-electron chi connectivity index (χ0n) is 13.4. The zero-order chi connectivity index (χ0) is 15.3. The molecular weight excluding hydrogens is 300 g/mol. The normalized spacial score (nSPS) is 17.4. The molecule has 1 aliphatic heterocycles. The van der Waals surface area contributed by atoms with E-state index in [4.69, 9.17) is 10.5 Å². The van der Waals surface area contributed by atoms with Crippen molar-refractivity contribution in [1.82, 2.24) is 5.32 Å². The molecule has 1 saturated heterocycles. The molecule has 1 aliphatic rings. The predicted molar refractivity (Wildman–Crippen MR) is 91.2 cm³/mol. The van der Waals surface area contributed by atoms with Gasteiger partial charge in [0, 0.05) is 25.2 Å². The Morgan fingerprint density at radius 1 is 1.32 bits per heavy atom. The lowest BCUT2D eigenvalue weighted by atomic mass is 9.84. The standard InChI is InChI=1S/C17H26N2O2.ClH/c1-17(2,14-6-4-3-5-7-14)12-19-16(20)15(18)13-8-10-21-11-9-13;/h3-7,13,15H,8-12,18H2,1-2H3,(H,19,20);1H. The molecule has 1 aromatic rings. The number of carbonyl (C=O) groups is 1. The Hall–Kier alpha value is -1.10. The Kier molecular flexibility index (Phi) is 7.33. The van der Waals surface area contributed by atoms with E-state index in [1.54, 1.807) is 0 Å². The fraction of sp³-hybridized carbons (Fsp3) is 0.588. The minimum Gasteiger partial charge on any atom is -0.381 e. The van der Waals surface area contributed by atoms with Crippen LogP contribution in [0.4, 0.5) is 0 Å². The van der Waals surface area contributed by atoms with Crippen LogP contribution >= 0.6 is 12.4 Å². The number of halogens is 1. The highest BCUT2D eigenvalue weighted by molar-refractivity contribution is 5.85.